The summed E-state index contributed by atoms with van der Waals surface area (Å²) in [6.07, 6.45) is 9.02. The highest BCUT2D eigenvalue weighted by atomic mass is 14.5. The molecular weight excluding hydrogens is 168 g/mol. The van der Waals surface area contributed by atoms with Gasteiger partial charge in [-0.15, -0.1) is 0 Å². The van der Waals surface area contributed by atoms with Gasteiger partial charge in [-0.3, -0.25) is 0 Å². The fourth-order valence-electron chi connectivity index (χ4n) is 2.56. The van der Waals surface area contributed by atoms with Crippen molar-refractivity contribution in [2.45, 2.75) is 80.1 Å². The van der Waals surface area contributed by atoms with Gasteiger partial charge in [0, 0.05) is 0 Å². The van der Waals surface area contributed by atoms with E-state index in [2.05, 4.69) is 13.8 Å². The molecule has 0 heteroatoms. The second-order valence-corrected chi connectivity index (χ2v) is 5.12. The lowest BCUT2D eigenvalue weighted by molar-refractivity contribution is 0.0164. The molecule has 0 unspecified atom stereocenters. The highest BCUT2D eigenvalue weighted by Gasteiger charge is 2.42. The summed E-state index contributed by atoms with van der Waals surface area (Å²) in [5.74, 6) is 0. The van der Waals surface area contributed by atoms with Crippen LogP contribution in [-0.2, 0) is 0 Å². The van der Waals surface area contributed by atoms with Crippen molar-refractivity contribution in [1.29, 1.82) is 0 Å². The molecule has 3 rings (SSSR count). The van der Waals surface area contributed by atoms with Gasteiger partial charge in [0.1, 0.15) is 0 Å². The molecule has 0 atom stereocenters. The molecule has 3 aliphatic rings. The molecule has 86 valence electrons. The molecule has 0 aromatic rings. The van der Waals surface area contributed by atoms with Gasteiger partial charge < -0.3 is 0 Å². The first-order valence-electron chi connectivity index (χ1n) is 6.62. The van der Waals surface area contributed by atoms with Crippen molar-refractivity contribution in [3.05, 3.63) is 0 Å². The smallest absolute Gasteiger partial charge is 0.0325 e. The fraction of sp³-hybridized carbons (Fsp3) is 1.00. The number of rotatable bonds is 0. The summed E-state index contributed by atoms with van der Waals surface area (Å²) < 4.78 is 0. The second kappa shape index (κ2) is 5.78. The van der Waals surface area contributed by atoms with Crippen LogP contribution in [0.3, 0.4) is 0 Å². The molecular formula is C14H30. The Kier molecular flexibility index (Phi) is 5.78. The Morgan fingerprint density at radius 3 is 0.786 bits per heavy atom. The van der Waals surface area contributed by atoms with Crippen LogP contribution in [0.15, 0.2) is 0 Å². The SMILES string of the molecule is CC.CC.CC12CCC(C)(CC1)CC2. The maximum absolute atomic E-state index is 2.48. The minimum atomic E-state index is 0.762. The third kappa shape index (κ3) is 3.29. The van der Waals surface area contributed by atoms with Crippen LogP contribution in [-0.4, -0.2) is 0 Å². The Labute approximate surface area is 91.5 Å². The Morgan fingerprint density at radius 2 is 0.643 bits per heavy atom. The normalized spacial score (nSPS) is 39.0. The average molecular weight is 198 g/mol. The van der Waals surface area contributed by atoms with E-state index in [1.54, 1.807) is 0 Å². The van der Waals surface area contributed by atoms with E-state index in [1.807, 2.05) is 27.7 Å². The van der Waals surface area contributed by atoms with Gasteiger partial charge in [0.25, 0.3) is 0 Å². The lowest BCUT2D eigenvalue weighted by atomic mass is 9.55. The van der Waals surface area contributed by atoms with Crippen LogP contribution in [0.1, 0.15) is 80.1 Å². The molecule has 3 fully saturated rings. The molecule has 0 amide bonds. The van der Waals surface area contributed by atoms with E-state index >= 15 is 0 Å². The number of fused-ring (bicyclic) bond motifs is 3. The molecule has 3 aliphatic carbocycles. The van der Waals surface area contributed by atoms with E-state index in [-0.39, 0.29) is 0 Å². The van der Waals surface area contributed by atoms with Crippen LogP contribution >= 0.6 is 0 Å². The Balaban J connectivity index is 0.000000379. The molecule has 0 heterocycles. The number of hydrogen-bond donors (Lipinski definition) is 0. The van der Waals surface area contributed by atoms with Crippen LogP contribution in [0, 0.1) is 10.8 Å². The summed E-state index contributed by atoms with van der Waals surface area (Å²) in [4.78, 5) is 0. The third-order valence-electron chi connectivity index (χ3n) is 4.00. The molecule has 14 heavy (non-hydrogen) atoms. The van der Waals surface area contributed by atoms with E-state index in [0.717, 1.165) is 10.8 Å². The zero-order valence-corrected chi connectivity index (χ0v) is 11.2. The van der Waals surface area contributed by atoms with E-state index in [1.165, 1.54) is 38.5 Å². The Morgan fingerprint density at radius 1 is 0.500 bits per heavy atom. The van der Waals surface area contributed by atoms with Crippen molar-refractivity contribution in [3.63, 3.8) is 0 Å². The summed E-state index contributed by atoms with van der Waals surface area (Å²) in [6, 6.07) is 0. The summed E-state index contributed by atoms with van der Waals surface area (Å²) in [6.45, 7) is 13.0. The molecule has 0 N–H and O–H groups in total. The van der Waals surface area contributed by atoms with Crippen molar-refractivity contribution >= 4 is 0 Å². The average Bonchev–Trinajstić information content (AvgIpc) is 2.27. The van der Waals surface area contributed by atoms with Gasteiger partial charge in [0.15, 0.2) is 0 Å². The maximum atomic E-state index is 2.48. The van der Waals surface area contributed by atoms with Crippen molar-refractivity contribution < 1.29 is 0 Å². The molecule has 0 spiro atoms. The zero-order valence-electron chi connectivity index (χ0n) is 11.2. The lowest BCUT2D eigenvalue weighted by Gasteiger charge is -2.50. The first kappa shape index (κ1) is 14.0. The van der Waals surface area contributed by atoms with Gasteiger partial charge >= 0.3 is 0 Å². The minimum Gasteiger partial charge on any atom is -0.0683 e. The molecule has 0 nitrogen and oxygen atoms in total. The van der Waals surface area contributed by atoms with Gasteiger partial charge in [-0.1, -0.05) is 41.5 Å². The highest BCUT2D eigenvalue weighted by molar-refractivity contribution is 4.94. The van der Waals surface area contributed by atoms with Gasteiger partial charge in [0.2, 0.25) is 0 Å². The predicted molar refractivity (Wildman–Crippen MR) is 66.6 cm³/mol. The summed E-state index contributed by atoms with van der Waals surface area (Å²) in [7, 11) is 0. The lowest BCUT2D eigenvalue weighted by Crippen LogP contribution is -2.37. The van der Waals surface area contributed by atoms with Crippen LogP contribution in [0.4, 0.5) is 0 Å². The minimum absolute atomic E-state index is 0.762. The molecule has 0 saturated heterocycles. The standard InChI is InChI=1S/C10H18.2C2H6/c1-9-3-6-10(2,7-4-9)8-5-9;2*1-2/h3-8H2,1-2H3;2*1-2H3. The molecule has 0 aromatic carbocycles. The van der Waals surface area contributed by atoms with Crippen LogP contribution in [0.25, 0.3) is 0 Å². The first-order chi connectivity index (χ1) is 6.62. The highest BCUT2D eigenvalue weighted by Crippen LogP contribution is 2.56. The summed E-state index contributed by atoms with van der Waals surface area (Å²) in [5, 5.41) is 0. The van der Waals surface area contributed by atoms with Crippen LogP contribution < -0.4 is 0 Å². The first-order valence-corrected chi connectivity index (χ1v) is 6.62. The van der Waals surface area contributed by atoms with Gasteiger partial charge in [-0.2, -0.15) is 0 Å². The van der Waals surface area contributed by atoms with Crippen LogP contribution in [0.5, 0.6) is 0 Å². The summed E-state index contributed by atoms with van der Waals surface area (Å²) >= 11 is 0. The van der Waals surface area contributed by atoms with Crippen molar-refractivity contribution in [1.82, 2.24) is 0 Å². The van der Waals surface area contributed by atoms with Gasteiger partial charge in [-0.05, 0) is 49.4 Å². The Bertz CT molecular complexity index is 104. The fourth-order valence-corrected chi connectivity index (χ4v) is 2.56. The number of hydrogen-bond acceptors (Lipinski definition) is 0. The van der Waals surface area contributed by atoms with E-state index in [9.17, 15) is 0 Å². The Hall–Kier alpha value is 0. The van der Waals surface area contributed by atoms with Crippen molar-refractivity contribution in [3.8, 4) is 0 Å². The maximum Gasteiger partial charge on any atom is -0.0325 e. The molecule has 0 aliphatic heterocycles. The molecule has 2 bridgehead atoms. The molecule has 0 radical (unpaired) electrons. The van der Waals surface area contributed by atoms with E-state index in [4.69, 9.17) is 0 Å². The molecule has 3 saturated carbocycles. The van der Waals surface area contributed by atoms with Crippen molar-refractivity contribution in [2.24, 2.45) is 10.8 Å². The zero-order chi connectivity index (χ0) is 11.2. The quantitative estimate of drug-likeness (QED) is 0.487. The van der Waals surface area contributed by atoms with E-state index in [0.29, 0.717) is 0 Å². The second-order valence-electron chi connectivity index (χ2n) is 5.12. The predicted octanol–water partition coefficient (Wildman–Crippen LogP) is 5.42. The van der Waals surface area contributed by atoms with Gasteiger partial charge in [-0.25, -0.2) is 0 Å². The van der Waals surface area contributed by atoms with Gasteiger partial charge in [0.05, 0.1) is 0 Å². The topological polar surface area (TPSA) is 0 Å². The van der Waals surface area contributed by atoms with Crippen LogP contribution in [0.2, 0.25) is 0 Å². The third-order valence-corrected chi connectivity index (χ3v) is 4.00. The summed E-state index contributed by atoms with van der Waals surface area (Å²) in [5.41, 5.74) is 1.52. The van der Waals surface area contributed by atoms with E-state index < -0.39 is 0 Å². The monoisotopic (exact) mass is 198 g/mol. The molecule has 0 aromatic heterocycles. The van der Waals surface area contributed by atoms with Crippen molar-refractivity contribution in [2.75, 3.05) is 0 Å². The largest absolute Gasteiger partial charge is 0.0683 e.